The molecule has 0 saturated carbocycles. The summed E-state index contributed by atoms with van der Waals surface area (Å²) in [6.45, 7) is 2.31. The van der Waals surface area contributed by atoms with E-state index in [4.69, 9.17) is 25.9 Å². The van der Waals surface area contributed by atoms with Crippen LogP contribution in [0.1, 0.15) is 24.2 Å². The molecule has 0 radical (unpaired) electrons. The predicted octanol–water partition coefficient (Wildman–Crippen LogP) is 5.11. The van der Waals surface area contributed by atoms with Crippen LogP contribution in [0.3, 0.4) is 0 Å². The zero-order chi connectivity index (χ0) is 24.7. The predicted molar refractivity (Wildman–Crippen MR) is 144 cm³/mol. The number of para-hydroxylation sites is 1. The first-order chi connectivity index (χ1) is 17.7. The maximum absolute atomic E-state index is 6.42. The van der Waals surface area contributed by atoms with Gasteiger partial charge in [0.1, 0.15) is 36.1 Å². The highest BCUT2D eigenvalue weighted by molar-refractivity contribution is 6.06. The fourth-order valence-electron chi connectivity index (χ4n) is 4.40. The molecule has 184 valence electrons. The molecule has 0 saturated heterocycles. The lowest BCUT2D eigenvalue weighted by atomic mass is 10.1. The number of ether oxygens (including phenoxy) is 2. The van der Waals surface area contributed by atoms with Crippen molar-refractivity contribution in [3.05, 3.63) is 90.3 Å². The first kappa shape index (κ1) is 23.6. The first-order valence-corrected chi connectivity index (χ1v) is 12.4. The zero-order valence-corrected chi connectivity index (χ0v) is 20.3. The molecule has 5 aromatic rings. The molecule has 0 aliphatic carbocycles. The minimum Gasteiger partial charge on any atom is -0.492 e. The van der Waals surface area contributed by atoms with Gasteiger partial charge in [-0.1, -0.05) is 48.5 Å². The van der Waals surface area contributed by atoms with Crippen molar-refractivity contribution in [3.63, 3.8) is 0 Å². The zero-order valence-electron chi connectivity index (χ0n) is 20.3. The standard InChI is InChI=1S/C29H31N5O2/c30-16-8-7-13-26-33-27-28(34(26)17-18-35-22-11-5-2-6-12-22)24-15-14-23(19-25(24)32-29(27)31)36-20-21-9-3-1-4-10-21/h1-6,9-12,14-15,19H,7-8,13,16-18,20,30H2,(H2,31,32). The molecule has 0 atom stereocenters. The van der Waals surface area contributed by atoms with Gasteiger partial charge in [0.05, 0.1) is 17.6 Å². The number of benzene rings is 3. The van der Waals surface area contributed by atoms with Crippen LogP contribution in [-0.4, -0.2) is 27.7 Å². The second-order valence-corrected chi connectivity index (χ2v) is 8.73. The summed E-state index contributed by atoms with van der Waals surface area (Å²) in [6, 6.07) is 25.9. The Kier molecular flexibility index (Phi) is 7.28. The van der Waals surface area contributed by atoms with Gasteiger partial charge in [-0.15, -0.1) is 0 Å². The average molecular weight is 482 g/mol. The SMILES string of the molecule is NCCCCc1nc2c(N)nc3cc(OCc4ccccc4)ccc3c2n1CCOc1ccccc1. The molecule has 2 heterocycles. The lowest BCUT2D eigenvalue weighted by Gasteiger charge is -2.13. The first-order valence-electron chi connectivity index (χ1n) is 12.4. The summed E-state index contributed by atoms with van der Waals surface area (Å²) < 4.78 is 14.3. The summed E-state index contributed by atoms with van der Waals surface area (Å²) in [5, 5.41) is 0.989. The summed E-state index contributed by atoms with van der Waals surface area (Å²) in [5.41, 5.74) is 15.7. The number of aryl methyl sites for hydroxylation is 1. The van der Waals surface area contributed by atoms with Gasteiger partial charge in [-0.2, -0.15) is 0 Å². The lowest BCUT2D eigenvalue weighted by molar-refractivity contribution is 0.298. The number of nitrogens with zero attached hydrogens (tertiary/aromatic N) is 3. The van der Waals surface area contributed by atoms with Crippen molar-refractivity contribution >= 4 is 27.8 Å². The molecule has 2 aromatic heterocycles. The van der Waals surface area contributed by atoms with Crippen LogP contribution in [0.25, 0.3) is 21.9 Å². The van der Waals surface area contributed by atoms with Crippen molar-refractivity contribution in [1.82, 2.24) is 14.5 Å². The second kappa shape index (κ2) is 11.1. The third-order valence-electron chi connectivity index (χ3n) is 6.18. The van der Waals surface area contributed by atoms with E-state index >= 15 is 0 Å². The van der Waals surface area contributed by atoms with Gasteiger partial charge in [0.15, 0.2) is 5.82 Å². The molecule has 0 aliphatic rings. The fraction of sp³-hybridized carbons (Fsp3) is 0.241. The molecule has 7 heteroatoms. The van der Waals surface area contributed by atoms with E-state index in [0.29, 0.717) is 32.1 Å². The number of hydrogen-bond donors (Lipinski definition) is 2. The maximum Gasteiger partial charge on any atom is 0.152 e. The number of pyridine rings is 1. The Labute approximate surface area is 210 Å². The number of imidazole rings is 1. The largest absolute Gasteiger partial charge is 0.492 e. The van der Waals surface area contributed by atoms with Crippen LogP contribution in [0.5, 0.6) is 11.5 Å². The normalized spacial score (nSPS) is 11.2. The summed E-state index contributed by atoms with van der Waals surface area (Å²) in [7, 11) is 0. The topological polar surface area (TPSA) is 101 Å². The number of rotatable bonds is 11. The summed E-state index contributed by atoms with van der Waals surface area (Å²) >= 11 is 0. The van der Waals surface area contributed by atoms with E-state index < -0.39 is 0 Å². The number of unbranched alkanes of at least 4 members (excludes halogenated alkanes) is 1. The molecular weight excluding hydrogens is 450 g/mol. The molecule has 3 aromatic carbocycles. The van der Waals surface area contributed by atoms with E-state index in [2.05, 4.69) is 9.55 Å². The molecule has 7 nitrogen and oxygen atoms in total. The third kappa shape index (κ3) is 5.26. The number of nitrogens with two attached hydrogens (primary N) is 2. The van der Waals surface area contributed by atoms with Crippen LogP contribution in [-0.2, 0) is 19.6 Å². The van der Waals surface area contributed by atoms with Crippen LogP contribution in [0, 0.1) is 0 Å². The van der Waals surface area contributed by atoms with Crippen LogP contribution in [0.4, 0.5) is 5.82 Å². The van der Waals surface area contributed by atoms with Gasteiger partial charge in [0.25, 0.3) is 0 Å². The number of anilines is 1. The second-order valence-electron chi connectivity index (χ2n) is 8.73. The van der Waals surface area contributed by atoms with E-state index in [1.54, 1.807) is 0 Å². The van der Waals surface area contributed by atoms with Crippen LogP contribution in [0.15, 0.2) is 78.9 Å². The van der Waals surface area contributed by atoms with E-state index in [9.17, 15) is 0 Å². The molecule has 0 fully saturated rings. The average Bonchev–Trinajstić information content (AvgIpc) is 3.28. The summed E-state index contributed by atoms with van der Waals surface area (Å²) in [6.07, 6.45) is 2.72. The van der Waals surface area contributed by atoms with Crippen LogP contribution < -0.4 is 20.9 Å². The van der Waals surface area contributed by atoms with E-state index in [1.807, 2.05) is 78.9 Å². The molecule has 0 aliphatic heterocycles. The van der Waals surface area contributed by atoms with Crippen molar-refractivity contribution in [3.8, 4) is 11.5 Å². The maximum atomic E-state index is 6.42. The number of aromatic nitrogens is 3. The van der Waals surface area contributed by atoms with Gasteiger partial charge in [0.2, 0.25) is 0 Å². The van der Waals surface area contributed by atoms with Crippen LogP contribution in [0.2, 0.25) is 0 Å². The molecular formula is C29H31N5O2. The summed E-state index contributed by atoms with van der Waals surface area (Å²) in [5.74, 6) is 2.98. The molecule has 0 spiro atoms. The van der Waals surface area contributed by atoms with Crippen molar-refractivity contribution < 1.29 is 9.47 Å². The number of fused-ring (bicyclic) bond motifs is 3. The summed E-state index contributed by atoms with van der Waals surface area (Å²) in [4.78, 5) is 9.57. The van der Waals surface area contributed by atoms with Gasteiger partial charge >= 0.3 is 0 Å². The van der Waals surface area contributed by atoms with Gasteiger partial charge in [0, 0.05) is 17.9 Å². The van der Waals surface area contributed by atoms with Gasteiger partial charge in [-0.3, -0.25) is 0 Å². The Bertz CT molecular complexity index is 1430. The molecule has 0 bridgehead atoms. The number of hydrogen-bond acceptors (Lipinski definition) is 6. The van der Waals surface area contributed by atoms with Gasteiger partial charge in [-0.25, -0.2) is 9.97 Å². The Hall–Kier alpha value is -4.10. The van der Waals surface area contributed by atoms with Gasteiger partial charge in [-0.05, 0) is 49.2 Å². The highest BCUT2D eigenvalue weighted by Crippen LogP contribution is 2.31. The van der Waals surface area contributed by atoms with E-state index in [1.165, 1.54) is 0 Å². The van der Waals surface area contributed by atoms with Gasteiger partial charge < -0.3 is 25.5 Å². The van der Waals surface area contributed by atoms with Crippen molar-refractivity contribution in [2.75, 3.05) is 18.9 Å². The van der Waals surface area contributed by atoms with E-state index in [-0.39, 0.29) is 0 Å². The molecule has 0 unspecified atom stereocenters. The Morgan fingerprint density at radius 1 is 0.806 bits per heavy atom. The van der Waals surface area contributed by atoms with Crippen LogP contribution >= 0.6 is 0 Å². The lowest BCUT2D eigenvalue weighted by Crippen LogP contribution is -2.12. The van der Waals surface area contributed by atoms with Crippen molar-refractivity contribution in [1.29, 1.82) is 0 Å². The van der Waals surface area contributed by atoms with Crippen molar-refractivity contribution in [2.45, 2.75) is 32.4 Å². The Morgan fingerprint density at radius 2 is 1.58 bits per heavy atom. The highest BCUT2D eigenvalue weighted by Gasteiger charge is 2.18. The minimum absolute atomic E-state index is 0.417. The minimum atomic E-state index is 0.417. The molecule has 36 heavy (non-hydrogen) atoms. The molecule has 4 N–H and O–H groups in total. The highest BCUT2D eigenvalue weighted by atomic mass is 16.5. The smallest absolute Gasteiger partial charge is 0.152 e. The molecule has 5 rings (SSSR count). The quantitative estimate of drug-likeness (QED) is 0.254. The van der Waals surface area contributed by atoms with E-state index in [0.717, 1.165) is 64.1 Å². The van der Waals surface area contributed by atoms with Crippen molar-refractivity contribution in [2.24, 2.45) is 5.73 Å². The Balaban J connectivity index is 1.47. The monoisotopic (exact) mass is 481 g/mol. The number of nitrogen functional groups attached to an aromatic ring is 1. The third-order valence-corrected chi connectivity index (χ3v) is 6.18. The molecule has 0 amide bonds. The Morgan fingerprint density at radius 3 is 2.36 bits per heavy atom. The fourth-order valence-corrected chi connectivity index (χ4v) is 4.40.